The number of fused-ring (bicyclic) bond motifs is 1. The summed E-state index contributed by atoms with van der Waals surface area (Å²) in [5.41, 5.74) is 4.51. The summed E-state index contributed by atoms with van der Waals surface area (Å²) in [5, 5.41) is 10.2. The number of rotatable bonds is 5. The Morgan fingerprint density at radius 3 is 2.73 bits per heavy atom. The van der Waals surface area contributed by atoms with E-state index in [0.717, 1.165) is 43.3 Å². The van der Waals surface area contributed by atoms with Crippen LogP contribution in [0.5, 0.6) is 17.2 Å². The summed E-state index contributed by atoms with van der Waals surface area (Å²) >= 11 is 0. The van der Waals surface area contributed by atoms with Gasteiger partial charge in [-0.05, 0) is 85.5 Å². The van der Waals surface area contributed by atoms with Gasteiger partial charge in [-0.25, -0.2) is 0 Å². The molecule has 1 heterocycles. The quantitative estimate of drug-likeness (QED) is 0.779. The molecule has 1 aliphatic heterocycles. The Bertz CT molecular complexity index is 926. The Morgan fingerprint density at radius 2 is 1.90 bits per heavy atom. The molecular weight excluding hydrogens is 374 g/mol. The van der Waals surface area contributed by atoms with Crippen molar-refractivity contribution in [1.29, 1.82) is 0 Å². The Labute approximate surface area is 179 Å². The van der Waals surface area contributed by atoms with Gasteiger partial charge in [0.15, 0.2) is 11.5 Å². The highest BCUT2D eigenvalue weighted by atomic mass is 16.5. The van der Waals surface area contributed by atoms with Gasteiger partial charge in [-0.3, -0.25) is 4.90 Å². The Hall–Kier alpha value is -2.20. The van der Waals surface area contributed by atoms with Gasteiger partial charge in [-0.1, -0.05) is 25.0 Å². The summed E-state index contributed by atoms with van der Waals surface area (Å²) in [4.78, 5) is 2.75. The van der Waals surface area contributed by atoms with E-state index in [9.17, 15) is 5.11 Å². The third-order valence-electron chi connectivity index (χ3n) is 8.07. The minimum atomic E-state index is 0.287. The van der Waals surface area contributed by atoms with Crippen LogP contribution in [-0.2, 0) is 18.3 Å². The zero-order valence-corrected chi connectivity index (χ0v) is 18.2. The maximum Gasteiger partial charge on any atom is 0.160 e. The van der Waals surface area contributed by atoms with E-state index in [0.29, 0.717) is 11.8 Å². The average Bonchev–Trinajstić information content (AvgIpc) is 2.78. The molecule has 0 spiro atoms. The second-order valence-electron chi connectivity index (χ2n) is 9.35. The highest BCUT2D eigenvalue weighted by Gasteiger charge is 2.53. The number of ether oxygens (including phenoxy) is 2. The first-order chi connectivity index (χ1) is 14.6. The van der Waals surface area contributed by atoms with Crippen LogP contribution in [0.25, 0.3) is 0 Å². The zero-order chi connectivity index (χ0) is 20.7. The van der Waals surface area contributed by atoms with Gasteiger partial charge in [-0.15, -0.1) is 0 Å². The number of phenols is 1. The van der Waals surface area contributed by atoms with E-state index >= 15 is 0 Å². The standard InChI is InChI=1S/C26H33NO3/c1-29-24-9-6-18(15-25(24)30-2)10-13-27-14-12-26-11-4-3-5-21(26)23(27)16-19-7-8-20(28)17-22(19)26/h6-9,15,17,21,23,28H,3-5,10-14,16H2,1-2H3/t21-,23-,26-/m0/s1. The van der Waals surface area contributed by atoms with Crippen molar-refractivity contribution in [2.24, 2.45) is 5.92 Å². The zero-order valence-electron chi connectivity index (χ0n) is 18.2. The number of aromatic hydroxyl groups is 1. The minimum Gasteiger partial charge on any atom is -0.508 e. The molecule has 0 unspecified atom stereocenters. The smallest absolute Gasteiger partial charge is 0.160 e. The maximum atomic E-state index is 10.2. The molecule has 0 aromatic heterocycles. The van der Waals surface area contributed by atoms with Crippen LogP contribution in [0.4, 0.5) is 0 Å². The summed E-state index contributed by atoms with van der Waals surface area (Å²) in [6.45, 7) is 2.24. The lowest BCUT2D eigenvalue weighted by Crippen LogP contribution is -2.61. The van der Waals surface area contributed by atoms with Crippen LogP contribution in [-0.4, -0.2) is 43.4 Å². The molecule has 2 fully saturated rings. The molecule has 3 atom stereocenters. The lowest BCUT2D eigenvalue weighted by atomic mass is 9.52. The summed E-state index contributed by atoms with van der Waals surface area (Å²) in [5.74, 6) is 2.76. The Balaban J connectivity index is 1.39. The molecule has 4 heteroatoms. The third kappa shape index (κ3) is 3.17. The fourth-order valence-electron chi connectivity index (χ4n) is 6.66. The van der Waals surface area contributed by atoms with Crippen molar-refractivity contribution in [1.82, 2.24) is 4.90 Å². The van der Waals surface area contributed by atoms with Crippen LogP contribution in [0.2, 0.25) is 0 Å². The maximum absolute atomic E-state index is 10.2. The third-order valence-corrected chi connectivity index (χ3v) is 8.07. The Morgan fingerprint density at radius 1 is 1.03 bits per heavy atom. The summed E-state index contributed by atoms with van der Waals surface area (Å²) in [7, 11) is 3.38. The van der Waals surface area contributed by atoms with Gasteiger partial charge in [0.05, 0.1) is 14.2 Å². The molecule has 2 aromatic rings. The number of hydrogen-bond acceptors (Lipinski definition) is 4. The highest BCUT2D eigenvalue weighted by molar-refractivity contribution is 5.45. The van der Waals surface area contributed by atoms with Gasteiger partial charge in [-0.2, -0.15) is 0 Å². The molecule has 3 aliphatic rings. The molecule has 1 N–H and O–H groups in total. The fourth-order valence-corrected chi connectivity index (χ4v) is 6.66. The molecule has 1 saturated heterocycles. The van der Waals surface area contributed by atoms with E-state index in [4.69, 9.17) is 9.47 Å². The predicted molar refractivity (Wildman–Crippen MR) is 119 cm³/mol. The average molecular weight is 408 g/mol. The van der Waals surface area contributed by atoms with Crippen LogP contribution in [0.15, 0.2) is 36.4 Å². The number of nitrogens with zero attached hydrogens (tertiary/aromatic N) is 1. The van der Waals surface area contributed by atoms with Gasteiger partial charge in [0.1, 0.15) is 5.75 Å². The molecule has 2 aliphatic carbocycles. The van der Waals surface area contributed by atoms with E-state index in [-0.39, 0.29) is 5.41 Å². The van der Waals surface area contributed by atoms with E-state index in [1.807, 2.05) is 12.1 Å². The lowest BCUT2D eigenvalue weighted by Gasteiger charge is -2.59. The van der Waals surface area contributed by atoms with Crippen LogP contribution in [0, 0.1) is 5.92 Å². The number of phenolic OH excluding ortho intramolecular Hbond substituents is 1. The first-order valence-electron chi connectivity index (χ1n) is 11.4. The number of piperidine rings is 1. The second-order valence-corrected chi connectivity index (χ2v) is 9.35. The molecule has 30 heavy (non-hydrogen) atoms. The molecule has 0 amide bonds. The van der Waals surface area contributed by atoms with Crippen molar-refractivity contribution in [3.05, 3.63) is 53.1 Å². The summed E-state index contributed by atoms with van der Waals surface area (Å²) < 4.78 is 10.9. The van der Waals surface area contributed by atoms with Crippen molar-refractivity contribution >= 4 is 0 Å². The molecule has 1 saturated carbocycles. The molecule has 160 valence electrons. The van der Waals surface area contributed by atoms with Crippen molar-refractivity contribution in [2.45, 2.75) is 56.4 Å². The van der Waals surface area contributed by atoms with Crippen LogP contribution in [0.1, 0.15) is 48.8 Å². The van der Waals surface area contributed by atoms with Gasteiger partial charge in [0.25, 0.3) is 0 Å². The number of benzene rings is 2. The SMILES string of the molecule is COc1ccc(CCN2CC[C@@]34CCCC[C@H]3[C@@H]2Cc2ccc(O)cc24)cc1OC. The van der Waals surface area contributed by atoms with Crippen molar-refractivity contribution in [2.75, 3.05) is 27.3 Å². The summed E-state index contributed by atoms with van der Waals surface area (Å²) in [6.07, 6.45) is 8.65. The predicted octanol–water partition coefficient (Wildman–Crippen LogP) is 4.71. The van der Waals surface area contributed by atoms with Crippen molar-refractivity contribution in [3.63, 3.8) is 0 Å². The van der Waals surface area contributed by atoms with E-state index in [1.165, 1.54) is 48.8 Å². The van der Waals surface area contributed by atoms with Gasteiger partial charge >= 0.3 is 0 Å². The van der Waals surface area contributed by atoms with Gasteiger partial charge in [0, 0.05) is 18.0 Å². The van der Waals surface area contributed by atoms with Crippen LogP contribution >= 0.6 is 0 Å². The largest absolute Gasteiger partial charge is 0.508 e. The number of methoxy groups -OCH3 is 2. The van der Waals surface area contributed by atoms with E-state index in [1.54, 1.807) is 14.2 Å². The van der Waals surface area contributed by atoms with Crippen LogP contribution < -0.4 is 9.47 Å². The molecular formula is C26H33NO3. The van der Waals surface area contributed by atoms with Gasteiger partial charge in [0.2, 0.25) is 0 Å². The molecule has 5 rings (SSSR count). The fraction of sp³-hybridized carbons (Fsp3) is 0.538. The minimum absolute atomic E-state index is 0.287. The normalized spacial score (nSPS) is 27.8. The van der Waals surface area contributed by atoms with Crippen LogP contribution in [0.3, 0.4) is 0 Å². The number of likely N-dealkylation sites (tertiary alicyclic amines) is 1. The van der Waals surface area contributed by atoms with Gasteiger partial charge < -0.3 is 14.6 Å². The van der Waals surface area contributed by atoms with Crippen molar-refractivity contribution in [3.8, 4) is 17.2 Å². The van der Waals surface area contributed by atoms with E-state index < -0.39 is 0 Å². The molecule has 4 nitrogen and oxygen atoms in total. The first-order valence-corrected chi connectivity index (χ1v) is 11.4. The highest BCUT2D eigenvalue weighted by Crippen LogP contribution is 2.56. The molecule has 2 aromatic carbocycles. The summed E-state index contributed by atoms with van der Waals surface area (Å²) in [6, 6.07) is 13.1. The first kappa shape index (κ1) is 19.7. The van der Waals surface area contributed by atoms with Crippen molar-refractivity contribution < 1.29 is 14.6 Å². The lowest BCUT2D eigenvalue weighted by molar-refractivity contribution is -0.0107. The number of hydrogen-bond donors (Lipinski definition) is 1. The topological polar surface area (TPSA) is 41.9 Å². The monoisotopic (exact) mass is 407 g/mol. The molecule has 0 radical (unpaired) electrons. The molecule has 2 bridgehead atoms. The second kappa shape index (κ2) is 7.81. The Kier molecular flexibility index (Phi) is 5.14. The van der Waals surface area contributed by atoms with E-state index in [2.05, 4.69) is 29.2 Å².